The molecule has 2 aromatic rings. The van der Waals surface area contributed by atoms with Crippen molar-refractivity contribution in [3.05, 3.63) is 46.5 Å². The van der Waals surface area contributed by atoms with E-state index in [0.717, 1.165) is 0 Å². The van der Waals surface area contributed by atoms with Gasteiger partial charge in [0.15, 0.2) is 0 Å². The maximum Gasteiger partial charge on any atom is 0.305 e. The molecule has 0 bridgehead atoms. The summed E-state index contributed by atoms with van der Waals surface area (Å²) < 4.78 is 10.7. The van der Waals surface area contributed by atoms with E-state index >= 15 is 0 Å². The SMILES string of the molecule is CC(C)(C)c1cc(O)c(C(C)(C)CCCC(=O)OCCCCOC(=O)CCCC(C)(C)c2cc(O)c(C(C)(C)C)cc2O)cc1O. The van der Waals surface area contributed by atoms with Crippen molar-refractivity contribution in [2.45, 2.75) is 142 Å². The Kier molecular flexibility index (Phi) is 13.0. The molecule has 258 valence electrons. The van der Waals surface area contributed by atoms with E-state index in [4.69, 9.17) is 9.47 Å². The lowest BCUT2D eigenvalue weighted by molar-refractivity contribution is -0.146. The van der Waals surface area contributed by atoms with Crippen molar-refractivity contribution in [3.63, 3.8) is 0 Å². The first-order chi connectivity index (χ1) is 21.1. The van der Waals surface area contributed by atoms with Crippen LogP contribution in [0.3, 0.4) is 0 Å². The van der Waals surface area contributed by atoms with Crippen molar-refractivity contribution in [1.82, 2.24) is 0 Å². The molecule has 0 spiro atoms. The molecule has 0 aromatic heterocycles. The largest absolute Gasteiger partial charge is 0.508 e. The number of esters is 2. The number of phenolic OH excluding ortho intramolecular Hbond substituents is 4. The van der Waals surface area contributed by atoms with Gasteiger partial charge >= 0.3 is 11.9 Å². The first-order valence-electron chi connectivity index (χ1n) is 16.5. The molecular formula is C38H58O8. The van der Waals surface area contributed by atoms with Gasteiger partial charge in [-0.2, -0.15) is 0 Å². The van der Waals surface area contributed by atoms with Crippen LogP contribution in [0.4, 0.5) is 0 Å². The fourth-order valence-electron chi connectivity index (χ4n) is 5.78. The number of hydrogen-bond donors (Lipinski definition) is 4. The average Bonchev–Trinajstić information content (AvgIpc) is 2.91. The van der Waals surface area contributed by atoms with Crippen LogP contribution in [0.2, 0.25) is 0 Å². The third-order valence-electron chi connectivity index (χ3n) is 8.73. The summed E-state index contributed by atoms with van der Waals surface area (Å²) in [6, 6.07) is 6.53. The monoisotopic (exact) mass is 642 g/mol. The molecule has 0 aliphatic carbocycles. The third kappa shape index (κ3) is 11.1. The lowest BCUT2D eigenvalue weighted by Gasteiger charge is -2.29. The molecule has 0 radical (unpaired) electrons. The molecule has 2 aromatic carbocycles. The van der Waals surface area contributed by atoms with E-state index in [-0.39, 0.29) is 71.8 Å². The Morgan fingerprint density at radius 3 is 1.09 bits per heavy atom. The van der Waals surface area contributed by atoms with Gasteiger partial charge < -0.3 is 29.9 Å². The van der Waals surface area contributed by atoms with Crippen molar-refractivity contribution < 1.29 is 39.5 Å². The fourth-order valence-corrected chi connectivity index (χ4v) is 5.78. The number of phenols is 4. The molecule has 0 saturated carbocycles. The topological polar surface area (TPSA) is 134 Å². The first-order valence-corrected chi connectivity index (χ1v) is 16.5. The highest BCUT2D eigenvalue weighted by Gasteiger charge is 2.29. The van der Waals surface area contributed by atoms with E-state index in [1.54, 1.807) is 24.3 Å². The van der Waals surface area contributed by atoms with Crippen molar-refractivity contribution in [3.8, 4) is 23.0 Å². The van der Waals surface area contributed by atoms with Crippen LogP contribution in [0.15, 0.2) is 24.3 Å². The molecule has 0 aliphatic rings. The molecule has 0 unspecified atom stereocenters. The number of carbonyl (C=O) groups excluding carboxylic acids is 2. The predicted octanol–water partition coefficient (Wildman–Crippen LogP) is 8.57. The number of hydrogen-bond acceptors (Lipinski definition) is 8. The van der Waals surface area contributed by atoms with Gasteiger partial charge in [0.2, 0.25) is 0 Å². The number of carbonyl (C=O) groups is 2. The Labute approximate surface area is 276 Å². The van der Waals surface area contributed by atoms with Gasteiger partial charge in [-0.15, -0.1) is 0 Å². The second-order valence-corrected chi connectivity index (χ2v) is 15.9. The van der Waals surface area contributed by atoms with Crippen molar-refractivity contribution in [1.29, 1.82) is 0 Å². The lowest BCUT2D eigenvalue weighted by Crippen LogP contribution is -2.19. The summed E-state index contributed by atoms with van der Waals surface area (Å²) in [5.41, 5.74) is 1.18. The van der Waals surface area contributed by atoms with Gasteiger partial charge in [0.05, 0.1) is 13.2 Å². The fraction of sp³-hybridized carbons (Fsp3) is 0.632. The summed E-state index contributed by atoms with van der Waals surface area (Å²) >= 11 is 0. The maximum atomic E-state index is 12.3. The van der Waals surface area contributed by atoms with Crippen molar-refractivity contribution >= 4 is 11.9 Å². The van der Waals surface area contributed by atoms with Gasteiger partial charge in [0.25, 0.3) is 0 Å². The van der Waals surface area contributed by atoms with E-state index in [1.807, 2.05) is 69.2 Å². The molecule has 0 fully saturated rings. The zero-order chi connectivity index (χ0) is 35.1. The molecule has 4 N–H and O–H groups in total. The summed E-state index contributed by atoms with van der Waals surface area (Å²) in [6.45, 7) is 20.3. The van der Waals surface area contributed by atoms with Crippen LogP contribution in [-0.4, -0.2) is 45.6 Å². The Balaban J connectivity index is 1.66. The smallest absolute Gasteiger partial charge is 0.305 e. The van der Waals surface area contributed by atoms with Gasteiger partial charge in [-0.05, 0) is 84.5 Å². The third-order valence-corrected chi connectivity index (χ3v) is 8.73. The molecule has 0 heterocycles. The zero-order valence-electron chi connectivity index (χ0n) is 29.8. The minimum Gasteiger partial charge on any atom is -0.508 e. The van der Waals surface area contributed by atoms with E-state index in [0.29, 0.717) is 60.8 Å². The van der Waals surface area contributed by atoms with E-state index in [9.17, 15) is 30.0 Å². The molecule has 8 nitrogen and oxygen atoms in total. The average molecular weight is 643 g/mol. The Morgan fingerprint density at radius 1 is 0.500 bits per heavy atom. The molecule has 46 heavy (non-hydrogen) atoms. The Hall–Kier alpha value is -3.42. The highest BCUT2D eigenvalue weighted by molar-refractivity contribution is 5.69. The number of benzene rings is 2. The Bertz CT molecular complexity index is 1240. The van der Waals surface area contributed by atoms with Crippen LogP contribution >= 0.6 is 0 Å². The number of rotatable bonds is 15. The summed E-state index contributed by atoms with van der Waals surface area (Å²) in [5, 5.41) is 42.4. The number of ether oxygens (including phenoxy) is 2. The van der Waals surface area contributed by atoms with Gasteiger partial charge in [-0.25, -0.2) is 0 Å². The zero-order valence-corrected chi connectivity index (χ0v) is 29.8. The van der Waals surface area contributed by atoms with E-state index in [1.165, 1.54) is 0 Å². The summed E-state index contributed by atoms with van der Waals surface area (Å²) in [5.74, 6) is 0.00813. The van der Waals surface area contributed by atoms with Crippen LogP contribution in [0.25, 0.3) is 0 Å². The van der Waals surface area contributed by atoms with Crippen LogP contribution in [0, 0.1) is 0 Å². The van der Waals surface area contributed by atoms with Gasteiger partial charge in [-0.3, -0.25) is 9.59 Å². The van der Waals surface area contributed by atoms with Gasteiger partial charge in [0, 0.05) is 35.1 Å². The van der Waals surface area contributed by atoms with E-state index < -0.39 is 10.8 Å². The molecule has 8 heteroatoms. The normalized spacial score (nSPS) is 12.7. The molecule has 0 amide bonds. The van der Waals surface area contributed by atoms with Crippen molar-refractivity contribution in [2.75, 3.05) is 13.2 Å². The minimum atomic E-state index is -0.444. The van der Waals surface area contributed by atoms with Crippen molar-refractivity contribution in [2.24, 2.45) is 0 Å². The molecule has 2 rings (SSSR count). The second kappa shape index (κ2) is 15.4. The van der Waals surface area contributed by atoms with Gasteiger partial charge in [-0.1, -0.05) is 69.2 Å². The molecule has 0 saturated heterocycles. The molecule has 0 aliphatic heterocycles. The summed E-state index contributed by atoms with van der Waals surface area (Å²) in [6.07, 6.45) is 4.07. The first kappa shape index (κ1) is 38.8. The second-order valence-electron chi connectivity index (χ2n) is 15.9. The molecule has 0 atom stereocenters. The van der Waals surface area contributed by atoms with Crippen LogP contribution < -0.4 is 0 Å². The number of unbranched alkanes of at least 4 members (excludes halogenated alkanes) is 1. The van der Waals surface area contributed by atoms with Gasteiger partial charge in [0.1, 0.15) is 23.0 Å². The van der Waals surface area contributed by atoms with Crippen LogP contribution in [0.5, 0.6) is 23.0 Å². The summed E-state index contributed by atoms with van der Waals surface area (Å²) in [4.78, 5) is 24.5. The van der Waals surface area contributed by atoms with Crippen LogP contribution in [0.1, 0.15) is 143 Å². The maximum absolute atomic E-state index is 12.3. The Morgan fingerprint density at radius 2 is 0.783 bits per heavy atom. The van der Waals surface area contributed by atoms with E-state index in [2.05, 4.69) is 0 Å². The van der Waals surface area contributed by atoms with Crippen LogP contribution in [-0.2, 0) is 40.7 Å². The number of aromatic hydroxyl groups is 4. The lowest BCUT2D eigenvalue weighted by atomic mass is 9.77. The summed E-state index contributed by atoms with van der Waals surface area (Å²) in [7, 11) is 0. The standard InChI is InChI=1S/C38H58O8/c1-35(2,3)25-21-31(41)27(23-29(25)39)37(7,8)17-13-15-33(43)45-19-11-12-20-46-34(44)16-14-18-38(9,10)28-24-30(40)26(22-32(28)42)36(4,5)6/h21-24,39-42H,11-20H2,1-10H3. The minimum absolute atomic E-state index is 0.142. The predicted molar refractivity (Wildman–Crippen MR) is 182 cm³/mol. The quantitative estimate of drug-likeness (QED) is 0.0863. The highest BCUT2D eigenvalue weighted by atomic mass is 16.5. The molecular weight excluding hydrogens is 584 g/mol. The highest BCUT2D eigenvalue weighted by Crippen LogP contribution is 2.43.